The molecular weight excluding hydrogens is 250 g/mol. The van der Waals surface area contributed by atoms with Gasteiger partial charge in [-0.1, -0.05) is 6.92 Å². The molecule has 1 aromatic heterocycles. The molecule has 0 aromatic carbocycles. The highest BCUT2D eigenvalue weighted by Gasteiger charge is 2.30. The van der Waals surface area contributed by atoms with Crippen LogP contribution in [0.5, 0.6) is 0 Å². The molecule has 1 aliphatic carbocycles. The van der Waals surface area contributed by atoms with Gasteiger partial charge >= 0.3 is 5.97 Å². The van der Waals surface area contributed by atoms with Crippen molar-refractivity contribution in [3.05, 3.63) is 29.6 Å². The number of carbonyl (C=O) groups excluding carboxylic acids is 1. The summed E-state index contributed by atoms with van der Waals surface area (Å²) < 4.78 is 5.14. The quantitative estimate of drug-likeness (QED) is 0.783. The molecule has 0 spiro atoms. The molecule has 1 unspecified atom stereocenters. The summed E-state index contributed by atoms with van der Waals surface area (Å²) in [5.41, 5.74) is 2.72. The lowest BCUT2D eigenvalue weighted by molar-refractivity contribution is -0.149. The van der Waals surface area contributed by atoms with Gasteiger partial charge in [0.2, 0.25) is 0 Å². The number of ether oxygens (including phenoxy) is 1. The maximum Gasteiger partial charge on any atom is 0.308 e. The zero-order valence-corrected chi connectivity index (χ0v) is 12.8. The van der Waals surface area contributed by atoms with E-state index < -0.39 is 0 Å². The van der Waals surface area contributed by atoms with Crippen LogP contribution in [0.4, 0.5) is 0 Å². The second-order valence-corrected chi connectivity index (χ2v) is 5.88. The lowest BCUT2D eigenvalue weighted by Crippen LogP contribution is -2.26. The van der Waals surface area contributed by atoms with E-state index in [1.54, 1.807) is 0 Å². The molecule has 1 aromatic rings. The third-order valence-electron chi connectivity index (χ3n) is 4.64. The molecule has 1 fully saturated rings. The first kappa shape index (κ1) is 15.0. The highest BCUT2D eigenvalue weighted by atomic mass is 16.5. The van der Waals surface area contributed by atoms with Gasteiger partial charge in [0.05, 0.1) is 12.5 Å². The molecular formula is C17H25NO2. The fraction of sp³-hybridized carbons (Fsp3) is 0.647. The first-order valence-electron chi connectivity index (χ1n) is 7.70. The molecule has 1 atom stereocenters. The van der Waals surface area contributed by atoms with Crippen LogP contribution in [-0.2, 0) is 9.53 Å². The Hall–Kier alpha value is -1.38. The molecule has 1 heterocycles. The van der Waals surface area contributed by atoms with Gasteiger partial charge in [0.25, 0.3) is 0 Å². The Morgan fingerprint density at radius 1 is 1.40 bits per heavy atom. The van der Waals surface area contributed by atoms with Crippen molar-refractivity contribution in [3.63, 3.8) is 0 Å². The van der Waals surface area contributed by atoms with E-state index >= 15 is 0 Å². The van der Waals surface area contributed by atoms with Crippen LogP contribution < -0.4 is 0 Å². The zero-order valence-electron chi connectivity index (χ0n) is 12.8. The molecule has 20 heavy (non-hydrogen) atoms. The van der Waals surface area contributed by atoms with E-state index in [1.165, 1.54) is 24.0 Å². The minimum absolute atomic E-state index is 0.0314. The molecule has 0 radical (unpaired) electrons. The molecule has 0 N–H and O–H groups in total. The van der Waals surface area contributed by atoms with Crippen molar-refractivity contribution < 1.29 is 9.53 Å². The number of hydrogen-bond acceptors (Lipinski definition) is 3. The normalized spacial score (nSPS) is 24.1. The molecule has 1 saturated carbocycles. The van der Waals surface area contributed by atoms with Crippen molar-refractivity contribution in [2.24, 2.45) is 11.8 Å². The zero-order chi connectivity index (χ0) is 14.5. The number of pyridine rings is 1. The number of nitrogens with zero attached hydrogens (tertiary/aromatic N) is 1. The van der Waals surface area contributed by atoms with Gasteiger partial charge in [0.15, 0.2) is 0 Å². The van der Waals surface area contributed by atoms with Crippen molar-refractivity contribution in [2.75, 3.05) is 6.61 Å². The van der Waals surface area contributed by atoms with Crippen molar-refractivity contribution in [2.45, 2.75) is 52.4 Å². The van der Waals surface area contributed by atoms with E-state index in [2.05, 4.69) is 18.0 Å². The van der Waals surface area contributed by atoms with E-state index in [4.69, 9.17) is 4.74 Å². The number of carbonyl (C=O) groups is 1. The molecule has 0 bridgehead atoms. The smallest absolute Gasteiger partial charge is 0.308 e. The molecule has 0 saturated heterocycles. The van der Waals surface area contributed by atoms with Crippen LogP contribution in [-0.4, -0.2) is 17.6 Å². The van der Waals surface area contributed by atoms with Gasteiger partial charge < -0.3 is 4.74 Å². The van der Waals surface area contributed by atoms with Crippen LogP contribution >= 0.6 is 0 Å². The molecule has 110 valence electrons. The third-order valence-corrected chi connectivity index (χ3v) is 4.64. The van der Waals surface area contributed by atoms with E-state index in [-0.39, 0.29) is 11.9 Å². The van der Waals surface area contributed by atoms with Crippen LogP contribution in [0.25, 0.3) is 0 Å². The maximum atomic E-state index is 11.8. The summed E-state index contributed by atoms with van der Waals surface area (Å²) in [6, 6.07) is 2.15. The summed E-state index contributed by atoms with van der Waals surface area (Å²) in [6.07, 6.45) is 8.40. The van der Waals surface area contributed by atoms with Crippen LogP contribution in [0.1, 0.15) is 56.6 Å². The van der Waals surface area contributed by atoms with E-state index in [9.17, 15) is 4.79 Å². The van der Waals surface area contributed by atoms with Crippen molar-refractivity contribution in [1.82, 2.24) is 4.98 Å². The Morgan fingerprint density at radius 2 is 2.10 bits per heavy atom. The second kappa shape index (κ2) is 6.87. The molecule has 1 aliphatic rings. The van der Waals surface area contributed by atoms with Crippen LogP contribution in [0, 0.1) is 18.8 Å². The molecule has 0 amide bonds. The van der Waals surface area contributed by atoms with E-state index in [1.807, 2.05) is 26.2 Å². The maximum absolute atomic E-state index is 11.8. The molecule has 3 heteroatoms. The summed E-state index contributed by atoms with van der Waals surface area (Å²) in [6.45, 7) is 6.50. The van der Waals surface area contributed by atoms with Gasteiger partial charge in [-0.25, -0.2) is 0 Å². The largest absolute Gasteiger partial charge is 0.466 e. The lowest BCUT2D eigenvalue weighted by Gasteiger charge is -2.32. The highest BCUT2D eigenvalue weighted by molar-refractivity contribution is 5.72. The average molecular weight is 275 g/mol. The minimum Gasteiger partial charge on any atom is -0.466 e. The van der Waals surface area contributed by atoms with Crippen molar-refractivity contribution in [3.8, 4) is 0 Å². The summed E-state index contributed by atoms with van der Waals surface area (Å²) >= 11 is 0. The second-order valence-electron chi connectivity index (χ2n) is 5.88. The average Bonchev–Trinajstić information content (AvgIpc) is 2.47. The number of rotatable bonds is 4. The number of aromatic nitrogens is 1. The summed E-state index contributed by atoms with van der Waals surface area (Å²) in [4.78, 5) is 16.0. The molecule has 0 aliphatic heterocycles. The Bertz CT molecular complexity index is 450. The number of aryl methyl sites for hydroxylation is 1. The van der Waals surface area contributed by atoms with Gasteiger partial charge in [0, 0.05) is 12.4 Å². The monoisotopic (exact) mass is 275 g/mol. The third kappa shape index (κ3) is 3.38. The standard InChI is InChI=1S/C17H25NO2/c1-4-20-17(19)13(3)14-5-7-15(8-6-14)16-9-10-18-11-12(16)2/h9-11,13-15H,4-8H2,1-3H3. The lowest BCUT2D eigenvalue weighted by atomic mass is 9.74. The first-order valence-corrected chi connectivity index (χ1v) is 7.70. The predicted molar refractivity (Wildman–Crippen MR) is 79.5 cm³/mol. The summed E-state index contributed by atoms with van der Waals surface area (Å²) in [5, 5.41) is 0. The van der Waals surface area contributed by atoms with Gasteiger partial charge in [0.1, 0.15) is 0 Å². The van der Waals surface area contributed by atoms with Crippen molar-refractivity contribution >= 4 is 5.97 Å². The van der Waals surface area contributed by atoms with Gasteiger partial charge in [-0.3, -0.25) is 9.78 Å². The van der Waals surface area contributed by atoms with Crippen LogP contribution in [0.15, 0.2) is 18.5 Å². The Labute approximate surface area is 121 Å². The fourth-order valence-corrected chi connectivity index (χ4v) is 3.34. The SMILES string of the molecule is CCOC(=O)C(C)C1CCC(c2ccncc2C)CC1. The van der Waals surface area contributed by atoms with Gasteiger partial charge in [-0.2, -0.15) is 0 Å². The first-order chi connectivity index (χ1) is 9.63. The minimum atomic E-state index is -0.0314. The van der Waals surface area contributed by atoms with Crippen LogP contribution in [0.3, 0.4) is 0 Å². The Balaban J connectivity index is 1.92. The fourth-order valence-electron chi connectivity index (χ4n) is 3.34. The van der Waals surface area contributed by atoms with E-state index in [0.717, 1.165) is 12.8 Å². The van der Waals surface area contributed by atoms with Crippen LogP contribution in [0.2, 0.25) is 0 Å². The summed E-state index contributed by atoms with van der Waals surface area (Å²) in [5.74, 6) is 1.11. The van der Waals surface area contributed by atoms with Crippen molar-refractivity contribution in [1.29, 1.82) is 0 Å². The van der Waals surface area contributed by atoms with Gasteiger partial charge in [-0.15, -0.1) is 0 Å². The summed E-state index contributed by atoms with van der Waals surface area (Å²) in [7, 11) is 0. The predicted octanol–water partition coefficient (Wildman–Crippen LogP) is 3.86. The highest BCUT2D eigenvalue weighted by Crippen LogP contribution is 2.39. The Kier molecular flexibility index (Phi) is 5.16. The topological polar surface area (TPSA) is 39.2 Å². The van der Waals surface area contributed by atoms with Gasteiger partial charge in [-0.05, 0) is 68.6 Å². The number of esters is 1. The molecule has 2 rings (SSSR count). The van der Waals surface area contributed by atoms with E-state index in [0.29, 0.717) is 18.4 Å². The Morgan fingerprint density at radius 3 is 2.70 bits per heavy atom. The number of hydrogen-bond donors (Lipinski definition) is 0. The molecule has 3 nitrogen and oxygen atoms in total.